The molecule has 1 fully saturated rings. The van der Waals surface area contributed by atoms with Gasteiger partial charge in [0.05, 0.1) is 0 Å². The number of rotatable bonds is 3. The van der Waals surface area contributed by atoms with Gasteiger partial charge >= 0.3 is 0 Å². The lowest BCUT2D eigenvalue weighted by Gasteiger charge is -2.31. The normalized spacial score (nSPS) is 20.8. The minimum atomic E-state index is -0.0988. The molecule has 2 rings (SSSR count). The maximum atomic E-state index is 14.0. The molecule has 0 aromatic heterocycles. The van der Waals surface area contributed by atoms with Crippen LogP contribution in [0.25, 0.3) is 0 Å². The summed E-state index contributed by atoms with van der Waals surface area (Å²) in [4.78, 5) is 2.38. The first-order valence-corrected chi connectivity index (χ1v) is 6.92. The number of hydrogen-bond acceptors (Lipinski definition) is 2. The van der Waals surface area contributed by atoms with Crippen LogP contribution in [-0.4, -0.2) is 19.6 Å². The van der Waals surface area contributed by atoms with Crippen molar-refractivity contribution in [2.45, 2.75) is 45.2 Å². The summed E-state index contributed by atoms with van der Waals surface area (Å²) in [5.74, 6) is -0.0988. The van der Waals surface area contributed by atoms with Crippen molar-refractivity contribution in [1.29, 1.82) is 0 Å². The molecule has 0 amide bonds. The van der Waals surface area contributed by atoms with Crippen molar-refractivity contribution >= 4 is 5.69 Å². The minimum absolute atomic E-state index is 0.0988. The van der Waals surface area contributed by atoms with E-state index >= 15 is 0 Å². The second-order valence-corrected chi connectivity index (χ2v) is 5.16. The second kappa shape index (κ2) is 6.19. The van der Waals surface area contributed by atoms with Crippen LogP contribution in [0.4, 0.5) is 10.1 Å². The highest BCUT2D eigenvalue weighted by molar-refractivity contribution is 5.55. The SMILES string of the molecule is CNCc1c(F)cccc1N1CCCCCC1C. The fourth-order valence-corrected chi connectivity index (χ4v) is 2.80. The number of nitrogens with zero attached hydrogens (tertiary/aromatic N) is 1. The Kier molecular flexibility index (Phi) is 4.59. The van der Waals surface area contributed by atoms with E-state index in [2.05, 4.69) is 23.2 Å². The monoisotopic (exact) mass is 250 g/mol. The maximum Gasteiger partial charge on any atom is 0.129 e. The van der Waals surface area contributed by atoms with Crippen LogP contribution in [-0.2, 0) is 6.54 Å². The van der Waals surface area contributed by atoms with Crippen LogP contribution in [0.5, 0.6) is 0 Å². The molecule has 1 aliphatic rings. The highest BCUT2D eigenvalue weighted by Crippen LogP contribution is 2.28. The fourth-order valence-electron chi connectivity index (χ4n) is 2.80. The highest BCUT2D eigenvalue weighted by atomic mass is 19.1. The Morgan fingerprint density at radius 2 is 2.17 bits per heavy atom. The Morgan fingerprint density at radius 3 is 2.94 bits per heavy atom. The Morgan fingerprint density at radius 1 is 1.33 bits per heavy atom. The Hall–Kier alpha value is -1.09. The molecule has 1 aromatic carbocycles. The quantitative estimate of drug-likeness (QED) is 0.885. The molecule has 0 saturated carbocycles. The number of anilines is 1. The zero-order valence-electron chi connectivity index (χ0n) is 11.4. The van der Waals surface area contributed by atoms with Gasteiger partial charge < -0.3 is 10.2 Å². The average Bonchev–Trinajstić information content (AvgIpc) is 2.57. The molecule has 1 unspecified atom stereocenters. The first-order chi connectivity index (χ1) is 8.74. The maximum absolute atomic E-state index is 14.0. The van der Waals surface area contributed by atoms with E-state index in [1.807, 2.05) is 13.1 Å². The molecule has 1 saturated heterocycles. The molecule has 1 heterocycles. The minimum Gasteiger partial charge on any atom is -0.368 e. The molecule has 1 N–H and O–H groups in total. The van der Waals surface area contributed by atoms with E-state index in [9.17, 15) is 4.39 Å². The molecule has 100 valence electrons. The molecule has 1 aliphatic heterocycles. The summed E-state index contributed by atoms with van der Waals surface area (Å²) in [6.07, 6.45) is 4.99. The van der Waals surface area contributed by atoms with Gasteiger partial charge in [0.2, 0.25) is 0 Å². The lowest BCUT2D eigenvalue weighted by atomic mass is 10.1. The molecule has 0 spiro atoms. The number of halogens is 1. The van der Waals surface area contributed by atoms with Crippen molar-refractivity contribution in [3.8, 4) is 0 Å². The van der Waals surface area contributed by atoms with E-state index in [0.29, 0.717) is 12.6 Å². The number of benzene rings is 1. The molecular weight excluding hydrogens is 227 g/mol. The summed E-state index contributed by atoms with van der Waals surface area (Å²) < 4.78 is 14.0. The van der Waals surface area contributed by atoms with Gasteiger partial charge in [-0.1, -0.05) is 18.9 Å². The standard InChI is InChI=1S/C15H23FN2/c1-12-7-4-3-5-10-18(12)15-9-6-8-14(16)13(15)11-17-2/h6,8-9,12,17H,3-5,7,10-11H2,1-2H3. The summed E-state index contributed by atoms with van der Waals surface area (Å²) >= 11 is 0. The summed E-state index contributed by atoms with van der Waals surface area (Å²) in [5.41, 5.74) is 1.87. The Balaban J connectivity index is 2.32. The zero-order valence-corrected chi connectivity index (χ0v) is 11.4. The molecular formula is C15H23FN2. The third-order valence-electron chi connectivity index (χ3n) is 3.81. The molecule has 0 aliphatic carbocycles. The van der Waals surface area contributed by atoms with Gasteiger partial charge in [-0.15, -0.1) is 0 Å². The van der Waals surface area contributed by atoms with E-state index in [0.717, 1.165) is 17.8 Å². The van der Waals surface area contributed by atoms with Crippen molar-refractivity contribution in [3.05, 3.63) is 29.6 Å². The highest BCUT2D eigenvalue weighted by Gasteiger charge is 2.20. The summed E-state index contributed by atoms with van der Waals surface area (Å²) in [7, 11) is 1.86. The molecule has 0 radical (unpaired) electrons. The van der Waals surface area contributed by atoms with Gasteiger partial charge in [-0.2, -0.15) is 0 Å². The molecule has 1 atom stereocenters. The molecule has 1 aromatic rings. The van der Waals surface area contributed by atoms with Crippen LogP contribution in [0.15, 0.2) is 18.2 Å². The van der Waals surface area contributed by atoms with Gasteiger partial charge in [-0.05, 0) is 38.9 Å². The van der Waals surface area contributed by atoms with Crippen LogP contribution in [0.3, 0.4) is 0 Å². The third kappa shape index (κ3) is 2.83. The number of hydrogen-bond donors (Lipinski definition) is 1. The summed E-state index contributed by atoms with van der Waals surface area (Å²) in [6.45, 7) is 3.88. The van der Waals surface area contributed by atoms with Gasteiger partial charge in [0.25, 0.3) is 0 Å². The van der Waals surface area contributed by atoms with Crippen molar-refractivity contribution in [1.82, 2.24) is 5.32 Å². The van der Waals surface area contributed by atoms with Gasteiger partial charge in [0, 0.05) is 30.4 Å². The van der Waals surface area contributed by atoms with Gasteiger partial charge in [0.15, 0.2) is 0 Å². The smallest absolute Gasteiger partial charge is 0.129 e. The van der Waals surface area contributed by atoms with Crippen molar-refractivity contribution < 1.29 is 4.39 Å². The second-order valence-electron chi connectivity index (χ2n) is 5.16. The predicted molar refractivity (Wildman–Crippen MR) is 74.4 cm³/mol. The van der Waals surface area contributed by atoms with E-state index in [4.69, 9.17) is 0 Å². The first kappa shape index (κ1) is 13.3. The van der Waals surface area contributed by atoms with Crippen LogP contribution >= 0.6 is 0 Å². The molecule has 2 nitrogen and oxygen atoms in total. The largest absolute Gasteiger partial charge is 0.368 e. The van der Waals surface area contributed by atoms with E-state index in [-0.39, 0.29) is 5.82 Å². The van der Waals surface area contributed by atoms with Crippen LogP contribution in [0, 0.1) is 5.82 Å². The number of nitrogens with one attached hydrogen (secondary N) is 1. The van der Waals surface area contributed by atoms with Crippen molar-refractivity contribution in [3.63, 3.8) is 0 Å². The zero-order chi connectivity index (χ0) is 13.0. The molecule has 3 heteroatoms. The predicted octanol–water partition coefficient (Wildman–Crippen LogP) is 3.31. The lowest BCUT2D eigenvalue weighted by molar-refractivity contribution is 0.585. The van der Waals surface area contributed by atoms with Gasteiger partial charge in [-0.3, -0.25) is 0 Å². The average molecular weight is 250 g/mol. The fraction of sp³-hybridized carbons (Fsp3) is 0.600. The van der Waals surface area contributed by atoms with Crippen LogP contribution in [0.2, 0.25) is 0 Å². The van der Waals surface area contributed by atoms with Crippen LogP contribution in [0.1, 0.15) is 38.2 Å². The molecule has 0 bridgehead atoms. The molecule has 18 heavy (non-hydrogen) atoms. The lowest BCUT2D eigenvalue weighted by Crippen LogP contribution is -2.33. The Labute approximate surface area is 109 Å². The van der Waals surface area contributed by atoms with Crippen molar-refractivity contribution in [2.75, 3.05) is 18.5 Å². The van der Waals surface area contributed by atoms with Crippen LogP contribution < -0.4 is 10.2 Å². The first-order valence-electron chi connectivity index (χ1n) is 6.92. The van der Waals surface area contributed by atoms with E-state index in [1.165, 1.54) is 25.7 Å². The Bertz CT molecular complexity index is 392. The van der Waals surface area contributed by atoms with E-state index in [1.54, 1.807) is 6.07 Å². The summed E-state index contributed by atoms with van der Waals surface area (Å²) in [5, 5.41) is 3.07. The topological polar surface area (TPSA) is 15.3 Å². The van der Waals surface area contributed by atoms with Gasteiger partial charge in [0.1, 0.15) is 5.82 Å². The third-order valence-corrected chi connectivity index (χ3v) is 3.81. The van der Waals surface area contributed by atoms with Crippen molar-refractivity contribution in [2.24, 2.45) is 0 Å². The van der Waals surface area contributed by atoms with E-state index < -0.39 is 0 Å². The summed E-state index contributed by atoms with van der Waals surface area (Å²) in [6, 6.07) is 5.93. The van der Waals surface area contributed by atoms with Gasteiger partial charge in [-0.25, -0.2) is 4.39 Å².